The Morgan fingerprint density at radius 3 is 2.22 bits per heavy atom. The van der Waals surface area contributed by atoms with E-state index in [0.29, 0.717) is 6.42 Å². The third-order valence-electron chi connectivity index (χ3n) is 8.70. The predicted octanol–water partition coefficient (Wildman–Crippen LogP) is 6.23. The van der Waals surface area contributed by atoms with Gasteiger partial charge in [-0.3, -0.25) is 4.79 Å². The maximum absolute atomic E-state index is 14.3. The van der Waals surface area contributed by atoms with Crippen LogP contribution in [0.4, 0.5) is 0 Å². The molecule has 0 radical (unpaired) electrons. The smallest absolute Gasteiger partial charge is 0.192 e. The van der Waals surface area contributed by atoms with Gasteiger partial charge < -0.3 is 9.16 Å². The molecule has 0 heterocycles. The number of sulfone groups is 1. The Morgan fingerprint density at radius 2 is 1.67 bits per heavy atom. The van der Waals surface area contributed by atoms with Crippen LogP contribution in [0.15, 0.2) is 59.5 Å². The van der Waals surface area contributed by atoms with Gasteiger partial charge in [-0.05, 0) is 48.2 Å². The molecule has 0 N–H and O–H groups in total. The molecule has 5 nitrogen and oxygen atoms in total. The summed E-state index contributed by atoms with van der Waals surface area (Å²) in [5.41, 5.74) is -1.13. The van der Waals surface area contributed by atoms with Crippen molar-refractivity contribution in [2.45, 2.75) is 82.3 Å². The molecule has 0 spiro atoms. The van der Waals surface area contributed by atoms with Crippen LogP contribution in [0, 0.1) is 22.7 Å². The monoisotopic (exact) mass is 532 g/mol. The van der Waals surface area contributed by atoms with Gasteiger partial charge in [0.2, 0.25) is 0 Å². The summed E-state index contributed by atoms with van der Waals surface area (Å²) in [5.74, 6) is -1.09. The number of benzene rings is 1. The Morgan fingerprint density at radius 1 is 1.06 bits per heavy atom. The average molecular weight is 533 g/mol. The number of fused-ring (bicyclic) bond motifs is 1. The highest BCUT2D eigenvalue weighted by Gasteiger charge is 2.54. The summed E-state index contributed by atoms with van der Waals surface area (Å²) < 4.78 is 41.0. The first kappa shape index (κ1) is 29.0. The second-order valence-electron chi connectivity index (χ2n) is 12.9. The Balaban J connectivity index is 2.23. The minimum absolute atomic E-state index is 0.0158. The minimum Gasteiger partial charge on any atom is -0.410 e. The van der Waals surface area contributed by atoms with Crippen molar-refractivity contribution in [1.82, 2.24) is 0 Å². The quantitative estimate of drug-likeness (QED) is 0.321. The van der Waals surface area contributed by atoms with Crippen LogP contribution in [-0.2, 0) is 23.8 Å². The Bertz CT molecular complexity index is 1110. The molecule has 0 amide bonds. The average Bonchev–Trinajstić information content (AvgIpc) is 2.77. The Kier molecular flexibility index (Phi) is 8.04. The van der Waals surface area contributed by atoms with E-state index >= 15 is 0 Å². The molecular formula is C29H44O5SSi. The topological polar surface area (TPSA) is 69.7 Å². The Labute approximate surface area is 219 Å². The van der Waals surface area contributed by atoms with E-state index in [1.54, 1.807) is 37.5 Å². The molecule has 0 saturated carbocycles. The summed E-state index contributed by atoms with van der Waals surface area (Å²) in [6, 6.07) is 8.63. The largest absolute Gasteiger partial charge is 0.410 e. The second kappa shape index (κ2) is 9.97. The van der Waals surface area contributed by atoms with Crippen molar-refractivity contribution in [2.75, 3.05) is 13.7 Å². The van der Waals surface area contributed by atoms with Gasteiger partial charge in [0, 0.05) is 18.4 Å². The van der Waals surface area contributed by atoms with Crippen molar-refractivity contribution < 1.29 is 22.4 Å². The number of carbonyl (C=O) groups is 1. The van der Waals surface area contributed by atoms with E-state index in [1.165, 1.54) is 0 Å². The summed E-state index contributed by atoms with van der Waals surface area (Å²) in [6.45, 7) is 17.5. The lowest BCUT2D eigenvalue weighted by molar-refractivity contribution is -0.124. The summed E-state index contributed by atoms with van der Waals surface area (Å²) in [4.78, 5) is 13.4. The highest BCUT2D eigenvalue weighted by atomic mass is 32.2. The van der Waals surface area contributed by atoms with Crippen LogP contribution in [-0.4, -0.2) is 47.6 Å². The van der Waals surface area contributed by atoms with E-state index in [1.807, 2.05) is 19.1 Å². The van der Waals surface area contributed by atoms with Crippen molar-refractivity contribution in [1.29, 1.82) is 0 Å². The van der Waals surface area contributed by atoms with Crippen LogP contribution < -0.4 is 0 Å². The first-order valence-corrected chi connectivity index (χ1v) is 17.3. The summed E-state index contributed by atoms with van der Waals surface area (Å²) in [6.07, 6.45) is 7.83. The van der Waals surface area contributed by atoms with Crippen molar-refractivity contribution in [2.24, 2.45) is 22.7 Å². The van der Waals surface area contributed by atoms with E-state index in [2.05, 4.69) is 59.9 Å². The second-order valence-corrected chi connectivity index (χ2v) is 19.9. The highest BCUT2D eigenvalue weighted by molar-refractivity contribution is 7.92. The van der Waals surface area contributed by atoms with Crippen LogP contribution in [0.1, 0.15) is 48.0 Å². The van der Waals surface area contributed by atoms with E-state index in [-0.39, 0.29) is 28.4 Å². The van der Waals surface area contributed by atoms with Gasteiger partial charge in [0.25, 0.3) is 0 Å². The van der Waals surface area contributed by atoms with E-state index in [4.69, 9.17) is 9.16 Å². The summed E-state index contributed by atoms with van der Waals surface area (Å²) in [7, 11) is -4.36. The molecule has 5 atom stereocenters. The summed E-state index contributed by atoms with van der Waals surface area (Å²) in [5, 5.41) is -0.772. The fraction of sp³-hybridized carbons (Fsp3) is 0.621. The molecular weight excluding hydrogens is 488 g/mol. The van der Waals surface area contributed by atoms with Crippen LogP contribution in [0.3, 0.4) is 0 Å². The van der Waals surface area contributed by atoms with Crippen LogP contribution in [0.25, 0.3) is 0 Å². The number of carbonyl (C=O) groups excluding carboxylic acids is 1. The van der Waals surface area contributed by atoms with Crippen molar-refractivity contribution in [3.05, 3.63) is 54.6 Å². The maximum atomic E-state index is 14.3. The molecule has 0 saturated heterocycles. The molecule has 2 aliphatic carbocycles. The lowest BCUT2D eigenvalue weighted by Crippen LogP contribution is -2.54. The molecule has 0 unspecified atom stereocenters. The number of hydrogen-bond donors (Lipinski definition) is 0. The molecule has 3 rings (SSSR count). The van der Waals surface area contributed by atoms with E-state index in [0.717, 1.165) is 0 Å². The zero-order chi connectivity index (χ0) is 27.2. The normalized spacial score (nSPS) is 31.9. The standard InChI is InChI=1S/C29H44O5SSi/c1-27(2,3)36(8,9)34-25-16-18-29(6)17-15-23(30)22(20-33-7)26(29)24(19-28(25,4)5)35(31,32)21-13-11-10-12-14-21/h10-18,22,24-26H,19-20H2,1-9H3/b18-16-/t22-,24-,25+,26-,29+/m1/s1. The third kappa shape index (κ3) is 5.49. The number of methoxy groups -OCH3 is 1. The van der Waals surface area contributed by atoms with Gasteiger partial charge in [0.1, 0.15) is 0 Å². The SMILES string of the molecule is COC[C@@H]1C(=O)C=C[C@@]2(C)/C=C\[C@H](O[Si](C)(C)C(C)(C)C)C(C)(C)C[C@@H](S(=O)(=O)c3ccccc3)[C@@H]12. The fourth-order valence-electron chi connectivity index (χ4n) is 5.40. The maximum Gasteiger partial charge on any atom is 0.192 e. The van der Waals surface area contributed by atoms with Gasteiger partial charge in [-0.2, -0.15) is 0 Å². The first-order valence-electron chi connectivity index (χ1n) is 12.8. The highest BCUT2D eigenvalue weighted by Crippen LogP contribution is 2.51. The molecule has 0 bridgehead atoms. The van der Waals surface area contributed by atoms with Crippen molar-refractivity contribution >= 4 is 23.9 Å². The minimum atomic E-state index is -3.77. The van der Waals surface area contributed by atoms with Gasteiger partial charge in [-0.1, -0.05) is 78.0 Å². The first-order chi connectivity index (χ1) is 16.5. The molecule has 0 fully saturated rings. The lowest BCUT2D eigenvalue weighted by atomic mass is 9.60. The molecule has 200 valence electrons. The molecule has 0 aromatic heterocycles. The van der Waals surface area contributed by atoms with E-state index in [9.17, 15) is 13.2 Å². The molecule has 36 heavy (non-hydrogen) atoms. The predicted molar refractivity (Wildman–Crippen MR) is 148 cm³/mol. The van der Waals surface area contributed by atoms with Crippen molar-refractivity contribution in [3.8, 4) is 0 Å². The number of hydrogen-bond acceptors (Lipinski definition) is 5. The number of ketones is 1. The van der Waals surface area contributed by atoms with Gasteiger partial charge >= 0.3 is 0 Å². The van der Waals surface area contributed by atoms with Crippen molar-refractivity contribution in [3.63, 3.8) is 0 Å². The molecule has 1 aromatic rings. The third-order valence-corrected chi connectivity index (χ3v) is 15.3. The van der Waals surface area contributed by atoms with Gasteiger partial charge in [-0.25, -0.2) is 8.42 Å². The zero-order valence-corrected chi connectivity index (χ0v) is 25.2. The van der Waals surface area contributed by atoms with Gasteiger partial charge in [0.05, 0.1) is 28.8 Å². The van der Waals surface area contributed by atoms with Gasteiger partial charge in [-0.15, -0.1) is 0 Å². The van der Waals surface area contributed by atoms with Gasteiger partial charge in [0.15, 0.2) is 23.9 Å². The van der Waals surface area contributed by atoms with E-state index < -0.39 is 46.1 Å². The van der Waals surface area contributed by atoms with Crippen LogP contribution in [0.2, 0.25) is 18.1 Å². The molecule has 2 aliphatic rings. The fourth-order valence-corrected chi connectivity index (χ4v) is 9.19. The molecule has 1 aromatic carbocycles. The zero-order valence-electron chi connectivity index (χ0n) is 23.4. The number of allylic oxidation sites excluding steroid dienone is 3. The van der Waals surface area contributed by atoms with Crippen LogP contribution >= 0.6 is 0 Å². The number of rotatable bonds is 6. The van der Waals surface area contributed by atoms with Crippen LogP contribution in [0.5, 0.6) is 0 Å². The lowest BCUT2D eigenvalue weighted by Gasteiger charge is -2.50. The summed E-state index contributed by atoms with van der Waals surface area (Å²) >= 11 is 0. The molecule has 0 aliphatic heterocycles. The Hall–Kier alpha value is -1.54. The molecule has 7 heteroatoms. The number of ether oxygens (including phenoxy) is 1.